The fraction of sp³-hybridized carbons (Fsp3) is 0.804. The number of aliphatic hydroxyl groups is 1. The quantitative estimate of drug-likeness (QED) is 0.0327. The van der Waals surface area contributed by atoms with Gasteiger partial charge in [-0.1, -0.05) is 210 Å². The number of nitrogens with one attached hydrogen (secondary N) is 1. The van der Waals surface area contributed by atoms with E-state index in [0.29, 0.717) is 0 Å². The molecule has 0 saturated heterocycles. The molecule has 0 rings (SSSR count). The highest BCUT2D eigenvalue weighted by molar-refractivity contribution is 7.85. The van der Waals surface area contributed by atoms with Gasteiger partial charge in [-0.25, -0.2) is 0 Å². The Kier molecular flexibility index (Phi) is 38.7. The average molecular weight is 764 g/mol. The Bertz CT molecular complexity index is 1020. The first-order valence-electron chi connectivity index (χ1n) is 22.3. The number of carbonyl (C=O) groups excluding carboxylic acids is 1. The zero-order chi connectivity index (χ0) is 38.9. The molecule has 0 spiro atoms. The van der Waals surface area contributed by atoms with Crippen molar-refractivity contribution < 1.29 is 22.9 Å². The SMILES string of the molecule is CC/C=C\C/C=C\C/C=C\CCCCCCCCCC(=O)NC(CS(=O)(=O)O)C(O)/C=C/CCCCCCCCCCCCCCCCCCCCC. The molecule has 310 valence electrons. The van der Waals surface area contributed by atoms with Crippen LogP contribution in [0.1, 0.15) is 219 Å². The highest BCUT2D eigenvalue weighted by atomic mass is 32.2. The number of amides is 1. The number of unbranched alkanes of at least 4 members (excludes halogenated alkanes) is 26. The summed E-state index contributed by atoms with van der Waals surface area (Å²) in [5, 5.41) is 13.3. The molecule has 0 saturated carbocycles. The Balaban J connectivity index is 3.88. The Morgan fingerprint density at radius 3 is 1.34 bits per heavy atom. The van der Waals surface area contributed by atoms with Crippen LogP contribution in [-0.4, -0.2) is 41.9 Å². The lowest BCUT2D eigenvalue weighted by molar-refractivity contribution is -0.122. The predicted octanol–water partition coefficient (Wildman–Crippen LogP) is 13.5. The van der Waals surface area contributed by atoms with E-state index in [9.17, 15) is 22.9 Å². The van der Waals surface area contributed by atoms with E-state index in [2.05, 4.69) is 55.6 Å². The molecule has 3 N–H and O–H groups in total. The third-order valence-corrected chi connectivity index (χ3v) is 10.8. The molecule has 0 heterocycles. The molecule has 0 aliphatic heterocycles. The molecule has 53 heavy (non-hydrogen) atoms. The number of allylic oxidation sites excluding steroid dienone is 7. The summed E-state index contributed by atoms with van der Waals surface area (Å²) in [5.74, 6) is -0.990. The first-order chi connectivity index (χ1) is 25.8. The van der Waals surface area contributed by atoms with Crippen molar-refractivity contribution in [1.29, 1.82) is 0 Å². The van der Waals surface area contributed by atoms with Crippen LogP contribution < -0.4 is 5.32 Å². The molecular formula is C46H85NO5S. The molecule has 7 heteroatoms. The zero-order valence-electron chi connectivity index (χ0n) is 34.6. The van der Waals surface area contributed by atoms with Gasteiger partial charge < -0.3 is 10.4 Å². The molecule has 1 amide bonds. The molecule has 0 aromatic heterocycles. The average Bonchev–Trinajstić information content (AvgIpc) is 3.12. The fourth-order valence-corrected chi connectivity index (χ4v) is 7.43. The molecule has 2 atom stereocenters. The van der Waals surface area contributed by atoms with Crippen LogP contribution in [0.15, 0.2) is 48.6 Å². The lowest BCUT2D eigenvalue weighted by Crippen LogP contribution is -2.46. The van der Waals surface area contributed by atoms with Gasteiger partial charge in [0.2, 0.25) is 5.91 Å². The van der Waals surface area contributed by atoms with Gasteiger partial charge in [-0.15, -0.1) is 0 Å². The first-order valence-corrected chi connectivity index (χ1v) is 23.9. The summed E-state index contributed by atoms with van der Waals surface area (Å²) < 4.78 is 32.6. The number of hydrogen-bond donors (Lipinski definition) is 3. The normalized spacial score (nSPS) is 13.7. The highest BCUT2D eigenvalue weighted by Gasteiger charge is 2.24. The van der Waals surface area contributed by atoms with Gasteiger partial charge in [0.1, 0.15) is 0 Å². The second-order valence-corrected chi connectivity index (χ2v) is 16.8. The van der Waals surface area contributed by atoms with Crippen molar-refractivity contribution in [3.8, 4) is 0 Å². The fourth-order valence-electron chi connectivity index (χ4n) is 6.70. The monoisotopic (exact) mass is 764 g/mol. The van der Waals surface area contributed by atoms with Gasteiger partial charge in [-0.3, -0.25) is 9.35 Å². The van der Waals surface area contributed by atoms with Crippen LogP contribution in [0.25, 0.3) is 0 Å². The summed E-state index contributed by atoms with van der Waals surface area (Å²) in [7, 11) is -4.35. The maximum absolute atomic E-state index is 12.5. The van der Waals surface area contributed by atoms with Crippen molar-refractivity contribution in [1.82, 2.24) is 5.32 Å². The second-order valence-electron chi connectivity index (χ2n) is 15.3. The third-order valence-electron chi connectivity index (χ3n) is 10.0. The van der Waals surface area contributed by atoms with Crippen LogP contribution in [0, 0.1) is 0 Å². The van der Waals surface area contributed by atoms with E-state index in [1.54, 1.807) is 6.08 Å². The Hall–Kier alpha value is -1.70. The van der Waals surface area contributed by atoms with E-state index in [1.807, 2.05) is 6.08 Å². The maximum Gasteiger partial charge on any atom is 0.267 e. The minimum Gasteiger partial charge on any atom is -0.387 e. The molecular weight excluding hydrogens is 679 g/mol. The molecule has 0 aromatic rings. The van der Waals surface area contributed by atoms with E-state index in [-0.39, 0.29) is 12.3 Å². The van der Waals surface area contributed by atoms with Crippen LogP contribution in [0.5, 0.6) is 0 Å². The van der Waals surface area contributed by atoms with Crippen LogP contribution in [-0.2, 0) is 14.9 Å². The van der Waals surface area contributed by atoms with Gasteiger partial charge in [0, 0.05) is 6.42 Å². The second kappa shape index (κ2) is 40.0. The zero-order valence-corrected chi connectivity index (χ0v) is 35.5. The van der Waals surface area contributed by atoms with Crippen molar-refractivity contribution in [2.75, 3.05) is 5.75 Å². The smallest absolute Gasteiger partial charge is 0.267 e. The number of carbonyl (C=O) groups is 1. The lowest BCUT2D eigenvalue weighted by atomic mass is 10.0. The molecule has 0 aliphatic rings. The third kappa shape index (κ3) is 41.3. The van der Waals surface area contributed by atoms with E-state index < -0.39 is 28.0 Å². The summed E-state index contributed by atoms with van der Waals surface area (Å²) in [6.07, 6.45) is 53.9. The minimum absolute atomic E-state index is 0.284. The largest absolute Gasteiger partial charge is 0.387 e. The van der Waals surface area contributed by atoms with Crippen LogP contribution in [0.2, 0.25) is 0 Å². The van der Waals surface area contributed by atoms with Gasteiger partial charge >= 0.3 is 0 Å². The molecule has 0 fully saturated rings. The first kappa shape index (κ1) is 51.3. The van der Waals surface area contributed by atoms with Gasteiger partial charge in [0.25, 0.3) is 10.1 Å². The van der Waals surface area contributed by atoms with Crippen LogP contribution in [0.4, 0.5) is 0 Å². The van der Waals surface area contributed by atoms with Crippen molar-refractivity contribution in [2.24, 2.45) is 0 Å². The summed E-state index contributed by atoms with van der Waals surface area (Å²) in [5.41, 5.74) is 0. The predicted molar refractivity (Wildman–Crippen MR) is 230 cm³/mol. The number of rotatable bonds is 40. The molecule has 2 unspecified atom stereocenters. The van der Waals surface area contributed by atoms with Crippen LogP contribution in [0.3, 0.4) is 0 Å². The van der Waals surface area contributed by atoms with E-state index in [1.165, 1.54) is 128 Å². The highest BCUT2D eigenvalue weighted by Crippen LogP contribution is 2.15. The summed E-state index contributed by atoms with van der Waals surface area (Å²) in [4.78, 5) is 12.5. The van der Waals surface area contributed by atoms with Gasteiger partial charge in [-0.2, -0.15) is 8.42 Å². The van der Waals surface area contributed by atoms with Gasteiger partial charge in [0.05, 0.1) is 17.9 Å². The molecule has 0 aliphatic carbocycles. The minimum atomic E-state index is -4.35. The lowest BCUT2D eigenvalue weighted by Gasteiger charge is -2.21. The molecule has 0 bridgehead atoms. The Labute approximate surface area is 329 Å². The summed E-state index contributed by atoms with van der Waals surface area (Å²) in [6, 6.07) is -1.06. The molecule has 6 nitrogen and oxygen atoms in total. The standard InChI is InChI=1S/C46H85NO5S/c1-3-5-7-9-11-13-15-17-19-21-22-23-24-26-27-29-31-33-35-37-39-41-45(48)44(43-53(50,51)52)47-46(49)42-40-38-36-34-32-30-28-25-20-18-16-14-12-10-8-6-4-2/h6,8,12,14,18,20,39,41,44-45,48H,3-5,7,9-11,13,15-17,19,21-38,40,42-43H2,1-2H3,(H,47,49)(H,50,51,52)/b8-6-,14-12-,20-18-,41-39+. The van der Waals surface area contributed by atoms with Crippen molar-refractivity contribution in [3.63, 3.8) is 0 Å². The van der Waals surface area contributed by atoms with Gasteiger partial charge in [0.15, 0.2) is 0 Å². The van der Waals surface area contributed by atoms with Crippen molar-refractivity contribution >= 4 is 16.0 Å². The summed E-state index contributed by atoms with van der Waals surface area (Å²) in [6.45, 7) is 4.43. The maximum atomic E-state index is 12.5. The summed E-state index contributed by atoms with van der Waals surface area (Å²) >= 11 is 0. The van der Waals surface area contributed by atoms with E-state index in [4.69, 9.17) is 0 Å². The van der Waals surface area contributed by atoms with Gasteiger partial charge in [-0.05, 0) is 51.4 Å². The molecule has 0 aromatic carbocycles. The number of hydrogen-bond acceptors (Lipinski definition) is 4. The van der Waals surface area contributed by atoms with E-state index in [0.717, 1.165) is 70.6 Å². The molecule has 0 radical (unpaired) electrons. The van der Waals surface area contributed by atoms with Crippen molar-refractivity contribution in [3.05, 3.63) is 48.6 Å². The number of aliphatic hydroxyl groups excluding tert-OH is 1. The Morgan fingerprint density at radius 2 is 0.906 bits per heavy atom. The Morgan fingerprint density at radius 1 is 0.528 bits per heavy atom. The van der Waals surface area contributed by atoms with E-state index >= 15 is 0 Å². The topological polar surface area (TPSA) is 104 Å². The van der Waals surface area contributed by atoms with Crippen molar-refractivity contribution in [2.45, 2.75) is 231 Å². The van der Waals surface area contributed by atoms with Crippen LogP contribution >= 0.6 is 0 Å².